The molecule has 1 aliphatic heterocycles. The van der Waals surface area contributed by atoms with Gasteiger partial charge in [0.05, 0.1) is 18.0 Å². The van der Waals surface area contributed by atoms with Crippen molar-refractivity contribution in [3.8, 4) is 0 Å². The molecule has 1 aliphatic rings. The number of benzene rings is 2. The quantitative estimate of drug-likeness (QED) is 0.309. The maximum atomic E-state index is 12.2. The zero-order valence-electron chi connectivity index (χ0n) is 19.1. The van der Waals surface area contributed by atoms with E-state index < -0.39 is 17.3 Å². The van der Waals surface area contributed by atoms with Gasteiger partial charge in [-0.25, -0.2) is 4.21 Å². The van der Waals surface area contributed by atoms with Gasteiger partial charge >= 0.3 is 0 Å². The van der Waals surface area contributed by atoms with E-state index in [1.807, 2.05) is 31.2 Å². The van der Waals surface area contributed by atoms with Crippen molar-refractivity contribution < 1.29 is 23.1 Å². The highest BCUT2D eigenvalue weighted by Crippen LogP contribution is 2.23. The summed E-state index contributed by atoms with van der Waals surface area (Å²) in [4.78, 5) is 26.8. The van der Waals surface area contributed by atoms with Gasteiger partial charge < -0.3 is 19.6 Å². The van der Waals surface area contributed by atoms with Crippen LogP contribution in [-0.4, -0.2) is 49.0 Å². The number of hydrogen-bond acceptors (Lipinski definition) is 6. The number of anilines is 1. The Bertz CT molecular complexity index is 1210. The summed E-state index contributed by atoms with van der Waals surface area (Å²) in [5.41, 5.74) is 4.26. The van der Waals surface area contributed by atoms with E-state index >= 15 is 0 Å². The first-order valence-electron chi connectivity index (χ1n) is 11.1. The van der Waals surface area contributed by atoms with Crippen LogP contribution < -0.4 is 5.32 Å². The summed E-state index contributed by atoms with van der Waals surface area (Å²) < 4.78 is 26.2. The van der Waals surface area contributed by atoms with E-state index in [1.54, 1.807) is 47.6 Å². The molecule has 2 heterocycles. The second-order valence-electron chi connectivity index (χ2n) is 8.04. The molecule has 0 saturated heterocycles. The number of aromatic amines is 1. The molecule has 1 amide bonds. The lowest BCUT2D eigenvalue weighted by atomic mass is 10.0. The summed E-state index contributed by atoms with van der Waals surface area (Å²) in [6.07, 6.45) is 1.87. The number of aldehydes is 1. The number of hydrogen-bond donors (Lipinski definition) is 3. The van der Waals surface area contributed by atoms with Gasteiger partial charge in [0.15, 0.2) is 17.4 Å². The van der Waals surface area contributed by atoms with Gasteiger partial charge in [-0.15, -0.1) is 0 Å². The van der Waals surface area contributed by atoms with Crippen LogP contribution in [-0.2, 0) is 32.9 Å². The van der Waals surface area contributed by atoms with Crippen LogP contribution in [0.1, 0.15) is 40.5 Å². The SMILES string of the molecule is CCC1OC(C=O)N(Cc2ccc(NC(=O)c3ccc[nH]3)cc2)N=C1c1ccc(CS(=O)O)cc1. The van der Waals surface area contributed by atoms with Crippen LogP contribution in [0.5, 0.6) is 0 Å². The predicted octanol–water partition coefficient (Wildman–Crippen LogP) is 3.53. The fourth-order valence-corrected chi connectivity index (χ4v) is 4.27. The summed E-state index contributed by atoms with van der Waals surface area (Å²) in [5, 5.41) is 9.18. The van der Waals surface area contributed by atoms with Gasteiger partial charge in [0.2, 0.25) is 6.23 Å². The van der Waals surface area contributed by atoms with Crippen LogP contribution >= 0.6 is 0 Å². The number of rotatable bonds is 9. The standard InChI is InChI=1S/C25H26N4O5S/c1-2-22-24(19-9-5-18(6-10-19)16-35(32)33)28-29(23(15-30)34-22)14-17-7-11-20(12-8-17)27-25(31)21-4-3-13-26-21/h3-13,15,22-23,26H,2,14,16H2,1H3,(H,27,31)(H,32,33). The van der Waals surface area contributed by atoms with Gasteiger partial charge in [-0.05, 0) is 41.8 Å². The summed E-state index contributed by atoms with van der Waals surface area (Å²) in [7, 11) is 0. The van der Waals surface area contributed by atoms with Gasteiger partial charge in [-0.2, -0.15) is 5.10 Å². The molecule has 1 aromatic heterocycles. The van der Waals surface area contributed by atoms with E-state index in [1.165, 1.54) is 0 Å². The van der Waals surface area contributed by atoms with Crippen molar-refractivity contribution in [1.29, 1.82) is 0 Å². The third-order valence-corrected chi connectivity index (χ3v) is 6.14. The summed E-state index contributed by atoms with van der Waals surface area (Å²) in [6.45, 7) is 2.29. The lowest BCUT2D eigenvalue weighted by molar-refractivity contribution is -0.139. The molecule has 4 rings (SSSR count). The van der Waals surface area contributed by atoms with Crippen LogP contribution in [0.25, 0.3) is 0 Å². The van der Waals surface area contributed by atoms with Crippen LogP contribution in [0.15, 0.2) is 72.0 Å². The van der Waals surface area contributed by atoms with Crippen molar-refractivity contribution in [2.24, 2.45) is 5.10 Å². The molecular weight excluding hydrogens is 468 g/mol. The fraction of sp³-hybridized carbons (Fsp3) is 0.240. The fourth-order valence-electron chi connectivity index (χ4n) is 3.79. The lowest BCUT2D eigenvalue weighted by Crippen LogP contribution is -2.45. The topological polar surface area (TPSA) is 124 Å². The molecule has 3 aromatic rings. The molecule has 10 heteroatoms. The predicted molar refractivity (Wildman–Crippen MR) is 133 cm³/mol. The molecule has 0 fully saturated rings. The molecule has 0 bridgehead atoms. The Morgan fingerprint density at radius 1 is 1.17 bits per heavy atom. The number of aromatic nitrogens is 1. The maximum Gasteiger partial charge on any atom is 0.272 e. The van der Waals surface area contributed by atoms with Gasteiger partial charge in [0.25, 0.3) is 5.91 Å². The van der Waals surface area contributed by atoms with E-state index in [9.17, 15) is 13.8 Å². The van der Waals surface area contributed by atoms with Crippen LogP contribution in [0.4, 0.5) is 5.69 Å². The Hall–Kier alpha value is -3.60. The van der Waals surface area contributed by atoms with Gasteiger partial charge in [-0.3, -0.25) is 14.6 Å². The highest BCUT2D eigenvalue weighted by molar-refractivity contribution is 7.78. The largest absolute Gasteiger partial charge is 0.357 e. The summed E-state index contributed by atoms with van der Waals surface area (Å²) >= 11 is -1.91. The van der Waals surface area contributed by atoms with Crippen molar-refractivity contribution in [1.82, 2.24) is 9.99 Å². The molecule has 0 radical (unpaired) electrons. The highest BCUT2D eigenvalue weighted by Gasteiger charge is 2.31. The Morgan fingerprint density at radius 3 is 2.49 bits per heavy atom. The zero-order chi connectivity index (χ0) is 24.8. The van der Waals surface area contributed by atoms with Gasteiger partial charge in [0.1, 0.15) is 11.8 Å². The Labute approximate surface area is 205 Å². The maximum absolute atomic E-state index is 12.2. The minimum atomic E-state index is -1.91. The number of amides is 1. The minimum absolute atomic E-state index is 0.0568. The number of ether oxygens (including phenoxy) is 1. The number of carbonyl (C=O) groups excluding carboxylic acids is 2. The molecule has 0 spiro atoms. The van der Waals surface area contributed by atoms with E-state index in [-0.39, 0.29) is 17.8 Å². The third kappa shape index (κ3) is 6.10. The first-order chi connectivity index (χ1) is 17.0. The minimum Gasteiger partial charge on any atom is -0.357 e. The average Bonchev–Trinajstić information content (AvgIpc) is 3.40. The third-order valence-electron chi connectivity index (χ3n) is 5.56. The van der Waals surface area contributed by atoms with Gasteiger partial charge in [-0.1, -0.05) is 43.3 Å². The van der Waals surface area contributed by atoms with E-state index in [0.29, 0.717) is 30.1 Å². The molecule has 0 saturated carbocycles. The monoisotopic (exact) mass is 494 g/mol. The zero-order valence-corrected chi connectivity index (χ0v) is 19.9. The Balaban J connectivity index is 1.51. The Kier molecular flexibility index (Phi) is 7.86. The highest BCUT2D eigenvalue weighted by atomic mass is 32.2. The van der Waals surface area contributed by atoms with Crippen molar-refractivity contribution in [2.75, 3.05) is 5.32 Å². The summed E-state index contributed by atoms with van der Waals surface area (Å²) in [5.74, 6) is -0.175. The molecule has 3 atom stereocenters. The second kappa shape index (κ2) is 11.2. The van der Waals surface area contributed by atoms with Crippen molar-refractivity contribution >= 4 is 34.7 Å². The van der Waals surface area contributed by atoms with Crippen LogP contribution in [0.3, 0.4) is 0 Å². The molecular formula is C25H26N4O5S. The second-order valence-corrected chi connectivity index (χ2v) is 8.97. The van der Waals surface area contributed by atoms with E-state index in [4.69, 9.17) is 14.4 Å². The molecule has 2 aromatic carbocycles. The number of hydrazone groups is 1. The molecule has 9 nitrogen and oxygen atoms in total. The molecule has 3 N–H and O–H groups in total. The Morgan fingerprint density at radius 2 is 1.89 bits per heavy atom. The van der Waals surface area contributed by atoms with E-state index in [2.05, 4.69) is 10.3 Å². The average molecular weight is 495 g/mol. The van der Waals surface area contributed by atoms with Crippen LogP contribution in [0, 0.1) is 0 Å². The normalized spacial score (nSPS) is 18.6. The van der Waals surface area contributed by atoms with Crippen molar-refractivity contribution in [2.45, 2.75) is 38.0 Å². The molecule has 3 unspecified atom stereocenters. The van der Waals surface area contributed by atoms with Crippen molar-refractivity contribution in [3.63, 3.8) is 0 Å². The van der Waals surface area contributed by atoms with Gasteiger partial charge in [0, 0.05) is 17.4 Å². The number of nitrogens with zero attached hydrogens (tertiary/aromatic N) is 2. The molecule has 35 heavy (non-hydrogen) atoms. The first kappa shape index (κ1) is 24.5. The summed E-state index contributed by atoms with van der Waals surface area (Å²) in [6, 6.07) is 18.0. The molecule has 182 valence electrons. The van der Waals surface area contributed by atoms with E-state index in [0.717, 1.165) is 23.0 Å². The number of carbonyl (C=O) groups is 2. The number of H-pyrrole nitrogens is 1. The first-order valence-corrected chi connectivity index (χ1v) is 12.4. The van der Waals surface area contributed by atoms with Crippen LogP contribution in [0.2, 0.25) is 0 Å². The van der Waals surface area contributed by atoms with Crippen molar-refractivity contribution in [3.05, 3.63) is 89.2 Å². The molecule has 0 aliphatic carbocycles. The number of nitrogens with one attached hydrogen (secondary N) is 2. The smallest absolute Gasteiger partial charge is 0.272 e. The lowest BCUT2D eigenvalue weighted by Gasteiger charge is -2.35.